The average molecular weight is 349 g/mol. The Labute approximate surface area is 135 Å². The summed E-state index contributed by atoms with van der Waals surface area (Å²) < 4.78 is 6.02. The molecule has 0 aliphatic carbocycles. The number of nitriles is 1. The van der Waals surface area contributed by atoms with Crippen molar-refractivity contribution < 1.29 is 4.74 Å². The van der Waals surface area contributed by atoms with Crippen LogP contribution >= 0.6 is 15.9 Å². The Hall–Kier alpha value is -0.890. The molecule has 0 amide bonds. The van der Waals surface area contributed by atoms with Crippen molar-refractivity contribution in [2.45, 2.75) is 49.9 Å². The van der Waals surface area contributed by atoms with Gasteiger partial charge >= 0.3 is 0 Å². The third-order valence-corrected chi connectivity index (χ3v) is 5.31. The summed E-state index contributed by atoms with van der Waals surface area (Å²) in [5, 5.41) is 10.9. The average Bonchev–Trinajstić information content (AvgIpc) is 2.99. The molecule has 2 aliphatic heterocycles. The SMILES string of the molecule is N#C[C@]1(CCCBr)CCC[C@H]2OC[C@@H](c3ccccc3)N21. The van der Waals surface area contributed by atoms with Gasteiger partial charge in [-0.15, -0.1) is 0 Å². The highest BCUT2D eigenvalue weighted by atomic mass is 79.9. The van der Waals surface area contributed by atoms with Crippen LogP contribution in [0.25, 0.3) is 0 Å². The molecular formula is C17H21BrN2O. The third-order valence-electron chi connectivity index (χ3n) is 4.74. The van der Waals surface area contributed by atoms with Crippen molar-refractivity contribution in [3.8, 4) is 6.07 Å². The summed E-state index contributed by atoms with van der Waals surface area (Å²) in [7, 11) is 0. The Balaban J connectivity index is 1.92. The maximum absolute atomic E-state index is 9.92. The number of rotatable bonds is 4. The molecular weight excluding hydrogens is 328 g/mol. The quantitative estimate of drug-likeness (QED) is 0.771. The van der Waals surface area contributed by atoms with Crippen molar-refractivity contribution in [2.75, 3.05) is 11.9 Å². The van der Waals surface area contributed by atoms with Crippen LogP contribution in [-0.2, 0) is 4.74 Å². The summed E-state index contributed by atoms with van der Waals surface area (Å²) in [6.07, 6.45) is 5.13. The van der Waals surface area contributed by atoms with Crippen LogP contribution in [0.5, 0.6) is 0 Å². The number of hydrogen-bond acceptors (Lipinski definition) is 3. The molecule has 3 atom stereocenters. The summed E-state index contributed by atoms with van der Waals surface area (Å²) in [5.74, 6) is 0. The van der Waals surface area contributed by atoms with Crippen molar-refractivity contribution >= 4 is 15.9 Å². The summed E-state index contributed by atoms with van der Waals surface area (Å²) in [5.41, 5.74) is 0.897. The Morgan fingerprint density at radius 3 is 2.90 bits per heavy atom. The van der Waals surface area contributed by atoms with Gasteiger partial charge in [0.1, 0.15) is 11.8 Å². The second-order valence-corrected chi connectivity index (χ2v) is 6.74. The summed E-state index contributed by atoms with van der Waals surface area (Å²) >= 11 is 3.50. The van der Waals surface area contributed by atoms with Gasteiger partial charge in [0.2, 0.25) is 0 Å². The number of nitrogens with zero attached hydrogens (tertiary/aromatic N) is 2. The number of alkyl halides is 1. The fourth-order valence-electron chi connectivity index (χ4n) is 3.77. The van der Waals surface area contributed by atoms with Crippen LogP contribution in [0.1, 0.15) is 43.7 Å². The first kappa shape index (κ1) is 15.0. The standard InChI is InChI=1S/C17H21BrN2O/c18-11-5-10-17(13-19)9-4-8-16-20(17)15(12-21-16)14-6-2-1-3-7-14/h1-3,6-7,15-16H,4-5,8-12H2/t15-,16+,17+/m0/s1. The van der Waals surface area contributed by atoms with Gasteiger partial charge in [-0.05, 0) is 37.7 Å². The molecule has 0 saturated carbocycles. The molecule has 0 bridgehead atoms. The Morgan fingerprint density at radius 2 is 2.19 bits per heavy atom. The topological polar surface area (TPSA) is 36.3 Å². The predicted octanol–water partition coefficient (Wildman–Crippen LogP) is 4.01. The molecule has 0 unspecified atom stereocenters. The molecule has 3 rings (SSSR count). The summed E-state index contributed by atoms with van der Waals surface area (Å²) in [6.45, 7) is 0.701. The molecule has 2 aliphatic rings. The van der Waals surface area contributed by atoms with E-state index in [1.165, 1.54) is 5.56 Å². The van der Waals surface area contributed by atoms with E-state index in [4.69, 9.17) is 4.74 Å². The zero-order valence-electron chi connectivity index (χ0n) is 12.2. The maximum atomic E-state index is 9.92. The lowest BCUT2D eigenvalue weighted by Crippen LogP contribution is -2.54. The van der Waals surface area contributed by atoms with Gasteiger partial charge < -0.3 is 4.74 Å². The minimum absolute atomic E-state index is 0.110. The monoisotopic (exact) mass is 348 g/mol. The number of ether oxygens (including phenoxy) is 1. The Bertz CT molecular complexity index is 515. The van der Waals surface area contributed by atoms with E-state index in [1.807, 2.05) is 6.07 Å². The molecule has 21 heavy (non-hydrogen) atoms. The van der Waals surface area contributed by atoms with Gasteiger partial charge in [-0.1, -0.05) is 46.3 Å². The molecule has 0 aromatic heterocycles. The molecule has 1 aromatic rings. The number of fused-ring (bicyclic) bond motifs is 1. The van der Waals surface area contributed by atoms with Gasteiger partial charge in [0, 0.05) is 5.33 Å². The minimum Gasteiger partial charge on any atom is -0.361 e. The first-order valence-corrected chi connectivity index (χ1v) is 8.85. The number of benzene rings is 1. The number of halogens is 1. The lowest BCUT2D eigenvalue weighted by atomic mass is 9.82. The number of hydrogen-bond donors (Lipinski definition) is 0. The van der Waals surface area contributed by atoms with Crippen LogP contribution in [-0.4, -0.2) is 28.6 Å². The molecule has 3 nitrogen and oxygen atoms in total. The Morgan fingerprint density at radius 1 is 1.38 bits per heavy atom. The third kappa shape index (κ3) is 2.75. The highest BCUT2D eigenvalue weighted by molar-refractivity contribution is 9.09. The van der Waals surface area contributed by atoms with E-state index >= 15 is 0 Å². The maximum Gasteiger partial charge on any atom is 0.112 e. The van der Waals surface area contributed by atoms with Gasteiger partial charge in [-0.25, -0.2) is 0 Å². The van der Waals surface area contributed by atoms with Gasteiger partial charge in [-0.3, -0.25) is 4.90 Å². The fraction of sp³-hybridized carbons (Fsp3) is 0.588. The minimum atomic E-state index is -0.367. The molecule has 0 radical (unpaired) electrons. The van der Waals surface area contributed by atoms with E-state index in [1.54, 1.807) is 0 Å². The normalized spacial score (nSPS) is 32.6. The zero-order chi connectivity index (χ0) is 14.7. The second kappa shape index (κ2) is 6.48. The molecule has 1 aromatic carbocycles. The molecule has 0 spiro atoms. The van der Waals surface area contributed by atoms with E-state index in [0.29, 0.717) is 6.61 Å². The van der Waals surface area contributed by atoms with Crippen LogP contribution in [0.4, 0.5) is 0 Å². The van der Waals surface area contributed by atoms with Crippen LogP contribution in [0.2, 0.25) is 0 Å². The Kier molecular flexibility index (Phi) is 4.63. The van der Waals surface area contributed by atoms with Crippen LogP contribution in [0.15, 0.2) is 30.3 Å². The number of piperidine rings is 1. The van der Waals surface area contributed by atoms with Crippen molar-refractivity contribution in [1.29, 1.82) is 5.26 Å². The largest absolute Gasteiger partial charge is 0.361 e. The van der Waals surface area contributed by atoms with Gasteiger partial charge in [0.25, 0.3) is 0 Å². The first-order valence-electron chi connectivity index (χ1n) is 7.73. The van der Waals surface area contributed by atoms with E-state index in [9.17, 15) is 5.26 Å². The molecule has 2 heterocycles. The summed E-state index contributed by atoms with van der Waals surface area (Å²) in [6, 6.07) is 13.3. The predicted molar refractivity (Wildman–Crippen MR) is 86.0 cm³/mol. The molecule has 112 valence electrons. The van der Waals surface area contributed by atoms with E-state index in [0.717, 1.165) is 37.4 Å². The van der Waals surface area contributed by atoms with Gasteiger partial charge in [0.15, 0.2) is 0 Å². The molecule has 2 fully saturated rings. The van der Waals surface area contributed by atoms with Crippen molar-refractivity contribution in [3.05, 3.63) is 35.9 Å². The van der Waals surface area contributed by atoms with Crippen LogP contribution < -0.4 is 0 Å². The lowest BCUT2D eigenvalue weighted by molar-refractivity contribution is -0.0548. The van der Waals surface area contributed by atoms with Crippen molar-refractivity contribution in [3.63, 3.8) is 0 Å². The molecule has 4 heteroatoms. The van der Waals surface area contributed by atoms with E-state index in [2.05, 4.69) is 51.2 Å². The van der Waals surface area contributed by atoms with Gasteiger partial charge in [0.05, 0.1) is 18.7 Å². The van der Waals surface area contributed by atoms with E-state index < -0.39 is 0 Å². The lowest BCUT2D eigenvalue weighted by Gasteiger charge is -2.45. The summed E-state index contributed by atoms with van der Waals surface area (Å²) in [4.78, 5) is 2.37. The molecule has 0 N–H and O–H groups in total. The van der Waals surface area contributed by atoms with Crippen molar-refractivity contribution in [2.24, 2.45) is 0 Å². The van der Waals surface area contributed by atoms with Crippen LogP contribution in [0, 0.1) is 11.3 Å². The zero-order valence-corrected chi connectivity index (χ0v) is 13.8. The fourth-order valence-corrected chi connectivity index (χ4v) is 4.05. The first-order chi connectivity index (χ1) is 10.3. The highest BCUT2D eigenvalue weighted by Crippen LogP contribution is 2.45. The van der Waals surface area contributed by atoms with Crippen LogP contribution in [0.3, 0.4) is 0 Å². The molecule has 2 saturated heterocycles. The smallest absolute Gasteiger partial charge is 0.112 e. The van der Waals surface area contributed by atoms with E-state index in [-0.39, 0.29) is 17.8 Å². The van der Waals surface area contributed by atoms with Crippen molar-refractivity contribution in [1.82, 2.24) is 4.90 Å². The van der Waals surface area contributed by atoms with Gasteiger partial charge in [-0.2, -0.15) is 5.26 Å². The highest BCUT2D eigenvalue weighted by Gasteiger charge is 2.50. The second-order valence-electron chi connectivity index (χ2n) is 5.95.